The lowest BCUT2D eigenvalue weighted by Crippen LogP contribution is -2.50. The molecule has 5 heteroatoms. The van der Waals surface area contributed by atoms with Crippen LogP contribution in [0, 0.1) is 6.92 Å². The smallest absolute Gasteiger partial charge is 0.242 e. The second-order valence-electron chi connectivity index (χ2n) is 7.81. The highest BCUT2D eigenvalue weighted by Crippen LogP contribution is 2.19. The normalized spacial score (nSPS) is 11.6. The summed E-state index contributed by atoms with van der Waals surface area (Å²) in [6.45, 7) is 2.43. The number of carbonyl (C=O) groups excluding carboxylic acids is 2. The molecule has 32 heavy (non-hydrogen) atoms. The van der Waals surface area contributed by atoms with Gasteiger partial charge in [0.05, 0.1) is 5.75 Å². The lowest BCUT2D eigenvalue weighted by molar-refractivity contribution is -0.139. The van der Waals surface area contributed by atoms with E-state index in [4.69, 9.17) is 0 Å². The first-order valence-corrected chi connectivity index (χ1v) is 11.9. The largest absolute Gasteiger partial charge is 0.357 e. The fraction of sp³-hybridized carbons (Fsp3) is 0.259. The molecule has 0 aliphatic carbocycles. The maximum absolute atomic E-state index is 13.4. The minimum atomic E-state index is -0.576. The Hall–Kier alpha value is -3.05. The van der Waals surface area contributed by atoms with E-state index < -0.39 is 6.04 Å². The predicted octanol–water partition coefficient (Wildman–Crippen LogP) is 4.61. The second-order valence-corrected chi connectivity index (χ2v) is 8.79. The minimum absolute atomic E-state index is 0.0306. The van der Waals surface area contributed by atoms with Crippen molar-refractivity contribution in [2.75, 3.05) is 12.8 Å². The molecule has 0 fully saturated rings. The van der Waals surface area contributed by atoms with E-state index in [9.17, 15) is 9.59 Å². The zero-order chi connectivity index (χ0) is 22.8. The second kappa shape index (κ2) is 12.1. The maximum Gasteiger partial charge on any atom is 0.242 e. The summed E-state index contributed by atoms with van der Waals surface area (Å²) < 4.78 is 0. The number of rotatable bonds is 10. The average molecular weight is 447 g/mol. The van der Waals surface area contributed by atoms with E-state index in [0.29, 0.717) is 18.7 Å². The van der Waals surface area contributed by atoms with Crippen molar-refractivity contribution in [3.05, 3.63) is 107 Å². The number of amides is 2. The van der Waals surface area contributed by atoms with Gasteiger partial charge in [0.15, 0.2) is 0 Å². The summed E-state index contributed by atoms with van der Waals surface area (Å²) in [4.78, 5) is 28.0. The molecule has 166 valence electrons. The SMILES string of the molecule is CNC(=O)[C@@H](Cc1ccccc1)N(Cc1cccc(C)c1)C(=O)CSCc1ccccc1. The third kappa shape index (κ3) is 6.99. The van der Waals surface area contributed by atoms with Crippen LogP contribution < -0.4 is 5.32 Å². The van der Waals surface area contributed by atoms with Crippen LogP contribution in [-0.4, -0.2) is 35.6 Å². The van der Waals surface area contributed by atoms with Crippen LogP contribution >= 0.6 is 11.8 Å². The molecule has 0 unspecified atom stereocenters. The van der Waals surface area contributed by atoms with Crippen molar-refractivity contribution in [3.63, 3.8) is 0 Å². The summed E-state index contributed by atoms with van der Waals surface area (Å²) >= 11 is 1.58. The molecule has 1 atom stereocenters. The lowest BCUT2D eigenvalue weighted by atomic mass is 10.0. The summed E-state index contributed by atoms with van der Waals surface area (Å²) in [5.74, 6) is 0.900. The number of aryl methyl sites for hydroxylation is 1. The summed E-state index contributed by atoms with van der Waals surface area (Å²) in [5, 5.41) is 2.76. The summed E-state index contributed by atoms with van der Waals surface area (Å²) in [7, 11) is 1.62. The molecule has 3 aromatic rings. The van der Waals surface area contributed by atoms with Gasteiger partial charge in [0.2, 0.25) is 11.8 Å². The predicted molar refractivity (Wildman–Crippen MR) is 132 cm³/mol. The highest BCUT2D eigenvalue weighted by atomic mass is 32.2. The van der Waals surface area contributed by atoms with E-state index >= 15 is 0 Å². The molecule has 0 aromatic heterocycles. The van der Waals surface area contributed by atoms with Crippen molar-refractivity contribution in [2.24, 2.45) is 0 Å². The molecule has 3 rings (SSSR count). The Kier molecular flexibility index (Phi) is 8.93. The van der Waals surface area contributed by atoms with Gasteiger partial charge in [-0.25, -0.2) is 0 Å². The van der Waals surface area contributed by atoms with Gasteiger partial charge in [-0.3, -0.25) is 9.59 Å². The standard InChI is InChI=1S/C27H30N2O2S/c1-21-10-9-15-24(16-21)18-29(26(30)20-32-19-23-13-7-4-8-14-23)25(27(31)28-2)17-22-11-5-3-6-12-22/h3-16,25H,17-20H2,1-2H3,(H,28,31)/t25-/m1/s1. The number of likely N-dealkylation sites (N-methyl/N-ethyl adjacent to an activating group) is 1. The molecular weight excluding hydrogens is 416 g/mol. The van der Waals surface area contributed by atoms with E-state index in [1.165, 1.54) is 5.56 Å². The number of carbonyl (C=O) groups is 2. The monoisotopic (exact) mass is 446 g/mol. The van der Waals surface area contributed by atoms with Gasteiger partial charge in [0, 0.05) is 25.8 Å². The zero-order valence-electron chi connectivity index (χ0n) is 18.7. The van der Waals surface area contributed by atoms with E-state index in [0.717, 1.165) is 22.4 Å². The van der Waals surface area contributed by atoms with Crippen LogP contribution in [0.25, 0.3) is 0 Å². The zero-order valence-corrected chi connectivity index (χ0v) is 19.5. The fourth-order valence-corrected chi connectivity index (χ4v) is 4.51. The van der Waals surface area contributed by atoms with Crippen LogP contribution in [0.1, 0.15) is 22.3 Å². The molecule has 3 aromatic carbocycles. The van der Waals surface area contributed by atoms with E-state index in [1.54, 1.807) is 23.7 Å². The third-order valence-electron chi connectivity index (χ3n) is 5.29. The summed E-state index contributed by atoms with van der Waals surface area (Å²) in [6, 6.07) is 27.5. The van der Waals surface area contributed by atoms with Crippen LogP contribution in [0.3, 0.4) is 0 Å². The van der Waals surface area contributed by atoms with Crippen molar-refractivity contribution in [3.8, 4) is 0 Å². The van der Waals surface area contributed by atoms with Crippen LogP contribution in [0.5, 0.6) is 0 Å². The Morgan fingerprint density at radius 3 is 2.12 bits per heavy atom. The molecule has 0 saturated heterocycles. The van der Waals surface area contributed by atoms with Gasteiger partial charge in [-0.2, -0.15) is 0 Å². The first-order valence-electron chi connectivity index (χ1n) is 10.8. The number of nitrogens with zero attached hydrogens (tertiary/aromatic N) is 1. The molecule has 0 heterocycles. The van der Waals surface area contributed by atoms with Gasteiger partial charge in [-0.05, 0) is 23.6 Å². The highest BCUT2D eigenvalue weighted by Gasteiger charge is 2.29. The number of hydrogen-bond acceptors (Lipinski definition) is 3. The number of hydrogen-bond donors (Lipinski definition) is 1. The van der Waals surface area contributed by atoms with Gasteiger partial charge < -0.3 is 10.2 Å². The van der Waals surface area contributed by atoms with Crippen molar-refractivity contribution in [1.29, 1.82) is 0 Å². The summed E-state index contributed by atoms with van der Waals surface area (Å²) in [6.07, 6.45) is 0.474. The number of benzene rings is 3. The van der Waals surface area contributed by atoms with E-state index in [2.05, 4.69) is 23.5 Å². The quantitative estimate of drug-likeness (QED) is 0.495. The Morgan fingerprint density at radius 2 is 1.50 bits per heavy atom. The molecule has 0 aliphatic rings. The first kappa shape index (κ1) is 23.6. The summed E-state index contributed by atoms with van der Waals surface area (Å²) in [5.41, 5.74) is 4.36. The van der Waals surface area contributed by atoms with Crippen molar-refractivity contribution in [2.45, 2.75) is 31.7 Å². The first-order chi connectivity index (χ1) is 15.6. The molecule has 4 nitrogen and oxygen atoms in total. The average Bonchev–Trinajstić information content (AvgIpc) is 2.82. The van der Waals surface area contributed by atoms with Crippen molar-refractivity contribution in [1.82, 2.24) is 10.2 Å². The number of nitrogens with one attached hydrogen (secondary N) is 1. The van der Waals surface area contributed by atoms with Crippen LogP contribution in [0.4, 0.5) is 0 Å². The lowest BCUT2D eigenvalue weighted by Gasteiger charge is -2.31. The maximum atomic E-state index is 13.4. The molecule has 1 N–H and O–H groups in total. The molecule has 0 bridgehead atoms. The molecule has 2 amide bonds. The van der Waals surface area contributed by atoms with Crippen LogP contribution in [-0.2, 0) is 28.3 Å². The highest BCUT2D eigenvalue weighted by molar-refractivity contribution is 7.99. The Balaban J connectivity index is 1.81. The van der Waals surface area contributed by atoms with Crippen molar-refractivity contribution < 1.29 is 9.59 Å². The van der Waals surface area contributed by atoms with Gasteiger partial charge in [0.25, 0.3) is 0 Å². The molecule has 0 spiro atoms. The topological polar surface area (TPSA) is 49.4 Å². The van der Waals surface area contributed by atoms with Gasteiger partial charge >= 0.3 is 0 Å². The minimum Gasteiger partial charge on any atom is -0.357 e. The molecular formula is C27H30N2O2S. The number of thioether (sulfide) groups is 1. The Labute approximate surface area is 195 Å². The fourth-order valence-electron chi connectivity index (χ4n) is 3.64. The molecule has 0 saturated carbocycles. The van der Waals surface area contributed by atoms with E-state index in [1.807, 2.05) is 73.7 Å². The van der Waals surface area contributed by atoms with Crippen molar-refractivity contribution >= 4 is 23.6 Å². The van der Waals surface area contributed by atoms with Crippen LogP contribution in [0.2, 0.25) is 0 Å². The third-order valence-corrected chi connectivity index (χ3v) is 6.28. The Bertz CT molecular complexity index is 1010. The Morgan fingerprint density at radius 1 is 0.875 bits per heavy atom. The molecule has 0 aliphatic heterocycles. The van der Waals surface area contributed by atoms with E-state index in [-0.39, 0.29) is 11.8 Å². The van der Waals surface area contributed by atoms with Gasteiger partial charge in [-0.15, -0.1) is 11.8 Å². The van der Waals surface area contributed by atoms with Gasteiger partial charge in [-0.1, -0.05) is 90.5 Å². The molecule has 0 radical (unpaired) electrons. The van der Waals surface area contributed by atoms with Gasteiger partial charge in [0.1, 0.15) is 6.04 Å². The van der Waals surface area contributed by atoms with Crippen LogP contribution in [0.15, 0.2) is 84.9 Å².